The topological polar surface area (TPSA) is 50.7 Å². The van der Waals surface area contributed by atoms with Crippen molar-refractivity contribution in [1.82, 2.24) is 5.43 Å². The van der Waals surface area contributed by atoms with Crippen molar-refractivity contribution in [2.45, 2.75) is 32.6 Å². The number of amides is 1. The minimum absolute atomic E-state index is 0.0266. The van der Waals surface area contributed by atoms with Gasteiger partial charge in [0.25, 0.3) is 5.91 Å². The van der Waals surface area contributed by atoms with Crippen LogP contribution >= 0.6 is 0 Å². The molecule has 4 nitrogen and oxygen atoms in total. The largest absolute Gasteiger partial charge is 0.483 e. The minimum Gasteiger partial charge on any atom is -0.483 e. The van der Waals surface area contributed by atoms with Crippen LogP contribution in [0.4, 0.5) is 0 Å². The minimum atomic E-state index is -0.218. The van der Waals surface area contributed by atoms with Crippen LogP contribution in [0.2, 0.25) is 0 Å². The van der Waals surface area contributed by atoms with Crippen LogP contribution in [0.5, 0.6) is 5.75 Å². The van der Waals surface area contributed by atoms with Crippen LogP contribution in [0.25, 0.3) is 10.8 Å². The molecule has 2 aromatic rings. The first-order valence-corrected chi connectivity index (χ1v) is 8.17. The number of carbonyl (C=O) groups is 1. The summed E-state index contributed by atoms with van der Waals surface area (Å²) in [7, 11) is 0. The number of nitrogens with zero attached hydrogens (tertiary/aromatic N) is 1. The third-order valence-electron chi connectivity index (χ3n) is 4.30. The van der Waals surface area contributed by atoms with Gasteiger partial charge in [0.2, 0.25) is 0 Å². The molecule has 1 aliphatic carbocycles. The standard InChI is InChI=1S/C19H22N2O2/c1-14-9-11-16(12-10-14)20-21-19(22)13-23-18-8-4-6-15-5-2-3-7-17(15)18/h2-8,14H,9-13H2,1H3,(H,21,22). The molecule has 2 aromatic carbocycles. The van der Waals surface area contributed by atoms with Crippen molar-refractivity contribution in [3.8, 4) is 5.75 Å². The van der Waals surface area contributed by atoms with Gasteiger partial charge >= 0.3 is 0 Å². The predicted molar refractivity (Wildman–Crippen MR) is 92.7 cm³/mol. The number of benzene rings is 2. The molecule has 0 unspecified atom stereocenters. The van der Waals surface area contributed by atoms with E-state index < -0.39 is 0 Å². The molecule has 0 atom stereocenters. The Morgan fingerprint density at radius 2 is 1.91 bits per heavy atom. The monoisotopic (exact) mass is 310 g/mol. The summed E-state index contributed by atoms with van der Waals surface area (Å²) in [6, 6.07) is 13.8. The molecule has 0 bridgehead atoms. The van der Waals surface area contributed by atoms with Crippen LogP contribution < -0.4 is 10.2 Å². The average Bonchev–Trinajstić information content (AvgIpc) is 2.59. The number of fused-ring (bicyclic) bond motifs is 1. The molecule has 1 fully saturated rings. The van der Waals surface area contributed by atoms with E-state index >= 15 is 0 Å². The Morgan fingerprint density at radius 3 is 2.74 bits per heavy atom. The third kappa shape index (κ3) is 4.09. The maximum Gasteiger partial charge on any atom is 0.277 e. The van der Waals surface area contributed by atoms with E-state index in [-0.39, 0.29) is 12.5 Å². The summed E-state index contributed by atoms with van der Waals surface area (Å²) in [4.78, 5) is 11.9. The summed E-state index contributed by atoms with van der Waals surface area (Å²) in [5.74, 6) is 1.26. The van der Waals surface area contributed by atoms with Gasteiger partial charge in [-0.2, -0.15) is 5.10 Å². The number of hydrogen-bond donors (Lipinski definition) is 1. The Hall–Kier alpha value is -2.36. The van der Waals surface area contributed by atoms with Crippen molar-refractivity contribution in [3.63, 3.8) is 0 Å². The first-order valence-electron chi connectivity index (χ1n) is 8.17. The average molecular weight is 310 g/mol. The zero-order valence-electron chi connectivity index (χ0n) is 13.4. The predicted octanol–water partition coefficient (Wildman–Crippen LogP) is 3.90. The molecule has 0 radical (unpaired) electrons. The second-order valence-corrected chi connectivity index (χ2v) is 6.16. The van der Waals surface area contributed by atoms with E-state index in [0.29, 0.717) is 0 Å². The Balaban J connectivity index is 1.55. The highest BCUT2D eigenvalue weighted by Crippen LogP contribution is 2.25. The van der Waals surface area contributed by atoms with Gasteiger partial charge in [-0.15, -0.1) is 0 Å². The first-order chi connectivity index (χ1) is 11.2. The van der Waals surface area contributed by atoms with Gasteiger partial charge in [-0.05, 0) is 43.1 Å². The highest BCUT2D eigenvalue weighted by atomic mass is 16.5. The van der Waals surface area contributed by atoms with Crippen molar-refractivity contribution < 1.29 is 9.53 Å². The number of ether oxygens (including phenoxy) is 1. The van der Waals surface area contributed by atoms with Gasteiger partial charge < -0.3 is 4.74 Å². The van der Waals surface area contributed by atoms with E-state index in [1.807, 2.05) is 42.5 Å². The summed E-state index contributed by atoms with van der Waals surface area (Å²) >= 11 is 0. The van der Waals surface area contributed by atoms with E-state index in [0.717, 1.165) is 53.8 Å². The zero-order valence-corrected chi connectivity index (χ0v) is 13.4. The molecule has 1 saturated carbocycles. The van der Waals surface area contributed by atoms with Crippen LogP contribution in [0.3, 0.4) is 0 Å². The lowest BCUT2D eigenvalue weighted by Crippen LogP contribution is -2.26. The second-order valence-electron chi connectivity index (χ2n) is 6.16. The molecule has 1 aliphatic rings. The normalized spacial score (nSPS) is 17.8. The first kappa shape index (κ1) is 15.5. The lowest BCUT2D eigenvalue weighted by Gasteiger charge is -2.18. The molecule has 120 valence electrons. The molecule has 0 saturated heterocycles. The summed E-state index contributed by atoms with van der Waals surface area (Å²) in [5, 5.41) is 6.34. The molecular weight excluding hydrogens is 288 g/mol. The van der Waals surface area contributed by atoms with Gasteiger partial charge in [0.15, 0.2) is 6.61 Å². The number of hydrazone groups is 1. The lowest BCUT2D eigenvalue weighted by molar-refractivity contribution is -0.123. The molecule has 23 heavy (non-hydrogen) atoms. The Bertz CT molecular complexity index is 709. The summed E-state index contributed by atoms with van der Waals surface area (Å²) in [6.07, 6.45) is 4.26. The smallest absolute Gasteiger partial charge is 0.277 e. The third-order valence-corrected chi connectivity index (χ3v) is 4.30. The van der Waals surface area contributed by atoms with E-state index in [2.05, 4.69) is 17.5 Å². The molecule has 1 amide bonds. The molecular formula is C19H22N2O2. The van der Waals surface area contributed by atoms with Crippen molar-refractivity contribution in [1.29, 1.82) is 0 Å². The maximum absolute atomic E-state index is 11.9. The number of hydrogen-bond acceptors (Lipinski definition) is 3. The van der Waals surface area contributed by atoms with E-state index in [1.165, 1.54) is 0 Å². The van der Waals surface area contributed by atoms with Crippen LogP contribution in [-0.2, 0) is 4.79 Å². The van der Waals surface area contributed by atoms with Gasteiger partial charge in [-0.25, -0.2) is 5.43 Å². The van der Waals surface area contributed by atoms with E-state index in [1.54, 1.807) is 0 Å². The van der Waals surface area contributed by atoms with Gasteiger partial charge in [-0.1, -0.05) is 43.3 Å². The summed E-state index contributed by atoms with van der Waals surface area (Å²) < 4.78 is 5.66. The van der Waals surface area contributed by atoms with Gasteiger partial charge in [0, 0.05) is 11.1 Å². The molecule has 0 heterocycles. The van der Waals surface area contributed by atoms with Gasteiger partial charge in [0.1, 0.15) is 5.75 Å². The fourth-order valence-corrected chi connectivity index (χ4v) is 2.85. The van der Waals surface area contributed by atoms with Crippen molar-refractivity contribution in [2.75, 3.05) is 6.61 Å². The van der Waals surface area contributed by atoms with Crippen molar-refractivity contribution in [3.05, 3.63) is 42.5 Å². The van der Waals surface area contributed by atoms with E-state index in [9.17, 15) is 4.79 Å². The van der Waals surface area contributed by atoms with Crippen LogP contribution in [0, 0.1) is 5.92 Å². The molecule has 0 spiro atoms. The molecule has 0 aliphatic heterocycles. The quantitative estimate of drug-likeness (QED) is 0.871. The summed E-state index contributed by atoms with van der Waals surface area (Å²) in [6.45, 7) is 2.23. The zero-order chi connectivity index (χ0) is 16.1. The maximum atomic E-state index is 11.9. The Kier molecular flexibility index (Phi) is 4.91. The Labute approximate surface area is 136 Å². The van der Waals surface area contributed by atoms with Crippen molar-refractivity contribution >= 4 is 22.4 Å². The number of carbonyl (C=O) groups excluding carboxylic acids is 1. The molecule has 4 heteroatoms. The molecule has 1 N–H and O–H groups in total. The van der Waals surface area contributed by atoms with E-state index in [4.69, 9.17) is 4.74 Å². The van der Waals surface area contributed by atoms with Crippen LogP contribution in [-0.4, -0.2) is 18.2 Å². The lowest BCUT2D eigenvalue weighted by atomic mass is 9.90. The number of rotatable bonds is 4. The number of nitrogens with one attached hydrogen (secondary N) is 1. The highest BCUT2D eigenvalue weighted by molar-refractivity contribution is 5.89. The fraction of sp³-hybridized carbons (Fsp3) is 0.368. The van der Waals surface area contributed by atoms with Crippen molar-refractivity contribution in [2.24, 2.45) is 11.0 Å². The highest BCUT2D eigenvalue weighted by Gasteiger charge is 2.13. The molecule has 3 rings (SSSR count). The van der Waals surface area contributed by atoms with Gasteiger partial charge in [0.05, 0.1) is 0 Å². The summed E-state index contributed by atoms with van der Waals surface area (Å²) in [5.41, 5.74) is 3.69. The van der Waals surface area contributed by atoms with Gasteiger partial charge in [-0.3, -0.25) is 4.79 Å². The van der Waals surface area contributed by atoms with Crippen LogP contribution in [0.1, 0.15) is 32.6 Å². The fourth-order valence-electron chi connectivity index (χ4n) is 2.85. The molecule has 0 aromatic heterocycles. The second kappa shape index (κ2) is 7.27. The SMILES string of the molecule is CC1CCC(=NNC(=O)COc2cccc3ccccc23)CC1. The van der Waals surface area contributed by atoms with Crippen LogP contribution in [0.15, 0.2) is 47.6 Å². The Morgan fingerprint density at radius 1 is 1.17 bits per heavy atom.